The summed E-state index contributed by atoms with van der Waals surface area (Å²) in [5.41, 5.74) is 3.85. The number of rotatable bonds is 3. The highest BCUT2D eigenvalue weighted by atomic mass is 16.6. The Hall–Kier alpha value is -2.24. The largest absolute Gasteiger partial charge is 0.271 e. The second kappa shape index (κ2) is 6.08. The van der Waals surface area contributed by atoms with Gasteiger partial charge in [-0.2, -0.15) is 5.10 Å². The quantitative estimate of drug-likeness (QED) is 0.670. The Balaban J connectivity index is 1.97. The smallest absolute Gasteiger partial charge is 0.267 e. The third kappa shape index (κ3) is 3.61. The minimum Gasteiger partial charge on any atom is -0.267 e. The van der Waals surface area contributed by atoms with E-state index in [4.69, 9.17) is 0 Å². The van der Waals surface area contributed by atoms with Gasteiger partial charge in [-0.15, -0.1) is 0 Å². The molecule has 1 aliphatic rings. The fraction of sp³-hybridized carbons (Fsp3) is 0.385. The highest BCUT2D eigenvalue weighted by Crippen LogP contribution is 2.15. The van der Waals surface area contributed by atoms with Gasteiger partial charge in [-0.1, -0.05) is 6.42 Å². The Morgan fingerprint density at radius 3 is 2.37 bits per heavy atom. The Labute approximate surface area is 110 Å². The summed E-state index contributed by atoms with van der Waals surface area (Å²) in [6.45, 7) is 0. The summed E-state index contributed by atoms with van der Waals surface area (Å²) in [5, 5.41) is 14.6. The summed E-state index contributed by atoms with van der Waals surface area (Å²) in [4.78, 5) is 21.8. The first-order valence-corrected chi connectivity index (χ1v) is 6.27. The predicted octanol–water partition coefficient (Wildman–Crippen LogP) is 2.64. The van der Waals surface area contributed by atoms with E-state index in [0.717, 1.165) is 31.4 Å². The lowest BCUT2D eigenvalue weighted by molar-refractivity contribution is -0.384. The normalized spacial score (nSPS) is 14.8. The van der Waals surface area contributed by atoms with Crippen molar-refractivity contribution in [1.29, 1.82) is 0 Å². The molecule has 1 amide bonds. The van der Waals surface area contributed by atoms with Crippen molar-refractivity contribution in [3.63, 3.8) is 0 Å². The zero-order valence-electron chi connectivity index (χ0n) is 10.5. The van der Waals surface area contributed by atoms with Crippen molar-refractivity contribution >= 4 is 17.3 Å². The SMILES string of the molecule is O=C(NN=C1CCCCC1)c1ccc([N+](=O)[O-])cc1. The number of nitrogens with zero attached hydrogens (tertiary/aromatic N) is 2. The molecule has 6 nitrogen and oxygen atoms in total. The van der Waals surface area contributed by atoms with Gasteiger partial charge < -0.3 is 0 Å². The Kier molecular flexibility index (Phi) is 4.22. The number of hydrogen-bond acceptors (Lipinski definition) is 4. The molecule has 1 saturated carbocycles. The van der Waals surface area contributed by atoms with Crippen molar-refractivity contribution in [3.8, 4) is 0 Å². The summed E-state index contributed by atoms with van der Waals surface area (Å²) in [6, 6.07) is 5.47. The van der Waals surface area contributed by atoms with Crippen LogP contribution in [0.1, 0.15) is 42.5 Å². The molecule has 0 aromatic heterocycles. The van der Waals surface area contributed by atoms with E-state index in [0.29, 0.717) is 5.56 Å². The van der Waals surface area contributed by atoms with E-state index in [1.165, 1.54) is 30.7 Å². The van der Waals surface area contributed by atoms with Crippen molar-refractivity contribution in [2.45, 2.75) is 32.1 Å². The van der Waals surface area contributed by atoms with Crippen molar-refractivity contribution in [1.82, 2.24) is 5.43 Å². The number of hydrazone groups is 1. The number of hydrogen-bond donors (Lipinski definition) is 1. The molecule has 1 aromatic rings. The molecule has 100 valence electrons. The summed E-state index contributed by atoms with van der Waals surface area (Å²) < 4.78 is 0. The molecule has 2 rings (SSSR count). The van der Waals surface area contributed by atoms with E-state index in [-0.39, 0.29) is 11.6 Å². The molecule has 1 N–H and O–H groups in total. The first kappa shape index (κ1) is 13.2. The minimum absolute atomic E-state index is 0.0323. The zero-order chi connectivity index (χ0) is 13.7. The minimum atomic E-state index is -0.496. The molecule has 19 heavy (non-hydrogen) atoms. The van der Waals surface area contributed by atoms with Crippen LogP contribution in [0.2, 0.25) is 0 Å². The van der Waals surface area contributed by atoms with Crippen LogP contribution in [0.5, 0.6) is 0 Å². The van der Waals surface area contributed by atoms with Crippen molar-refractivity contribution < 1.29 is 9.72 Å². The van der Waals surface area contributed by atoms with Crippen LogP contribution in [0.4, 0.5) is 5.69 Å². The molecular formula is C13H15N3O3. The lowest BCUT2D eigenvalue weighted by atomic mass is 9.99. The highest BCUT2D eigenvalue weighted by Gasteiger charge is 2.10. The maximum Gasteiger partial charge on any atom is 0.271 e. The highest BCUT2D eigenvalue weighted by molar-refractivity contribution is 5.95. The number of nitro groups is 1. The van der Waals surface area contributed by atoms with Crippen LogP contribution in [-0.4, -0.2) is 16.5 Å². The third-order valence-corrected chi connectivity index (χ3v) is 3.09. The molecule has 0 radical (unpaired) electrons. The Morgan fingerprint density at radius 1 is 1.16 bits per heavy atom. The monoisotopic (exact) mass is 261 g/mol. The van der Waals surface area contributed by atoms with E-state index in [2.05, 4.69) is 10.5 Å². The molecule has 0 unspecified atom stereocenters. The molecule has 1 aliphatic carbocycles. The number of nitrogens with one attached hydrogen (secondary N) is 1. The maximum atomic E-state index is 11.8. The van der Waals surface area contributed by atoms with Crippen LogP contribution in [0.3, 0.4) is 0 Å². The fourth-order valence-corrected chi connectivity index (χ4v) is 2.00. The molecule has 1 fully saturated rings. The van der Waals surface area contributed by atoms with E-state index < -0.39 is 4.92 Å². The zero-order valence-corrected chi connectivity index (χ0v) is 10.5. The number of benzene rings is 1. The van der Waals surface area contributed by atoms with Crippen molar-refractivity contribution in [3.05, 3.63) is 39.9 Å². The molecule has 0 heterocycles. The van der Waals surface area contributed by atoms with Crippen LogP contribution in [-0.2, 0) is 0 Å². The van der Waals surface area contributed by atoms with Gasteiger partial charge in [-0.3, -0.25) is 14.9 Å². The summed E-state index contributed by atoms with van der Waals surface area (Å²) in [6.07, 6.45) is 5.31. The summed E-state index contributed by atoms with van der Waals surface area (Å²) in [5.74, 6) is -0.340. The van der Waals surface area contributed by atoms with Crippen LogP contribution >= 0.6 is 0 Å². The van der Waals surface area contributed by atoms with Gasteiger partial charge in [0, 0.05) is 23.4 Å². The lowest BCUT2D eigenvalue weighted by Gasteiger charge is -2.11. The molecule has 0 spiro atoms. The number of carbonyl (C=O) groups is 1. The standard InChI is InChI=1S/C13H15N3O3/c17-13(15-14-11-4-2-1-3-5-11)10-6-8-12(9-7-10)16(18)19/h6-9H,1-5H2,(H,15,17). The predicted molar refractivity (Wildman–Crippen MR) is 71.1 cm³/mol. The average molecular weight is 261 g/mol. The summed E-state index contributed by atoms with van der Waals surface area (Å²) >= 11 is 0. The van der Waals surface area contributed by atoms with E-state index in [1.54, 1.807) is 0 Å². The van der Waals surface area contributed by atoms with E-state index >= 15 is 0 Å². The van der Waals surface area contributed by atoms with E-state index in [1.807, 2.05) is 0 Å². The van der Waals surface area contributed by atoms with E-state index in [9.17, 15) is 14.9 Å². The van der Waals surface area contributed by atoms with Gasteiger partial charge in [0.25, 0.3) is 11.6 Å². The first-order chi connectivity index (χ1) is 9.16. The third-order valence-electron chi connectivity index (χ3n) is 3.09. The molecule has 1 aromatic carbocycles. The number of nitro benzene ring substituents is 1. The van der Waals surface area contributed by atoms with Crippen molar-refractivity contribution in [2.24, 2.45) is 5.10 Å². The van der Waals surface area contributed by atoms with Crippen LogP contribution < -0.4 is 5.43 Å². The van der Waals surface area contributed by atoms with Crippen LogP contribution in [0.15, 0.2) is 29.4 Å². The average Bonchev–Trinajstić information content (AvgIpc) is 2.46. The first-order valence-electron chi connectivity index (χ1n) is 6.27. The van der Waals surface area contributed by atoms with Gasteiger partial charge >= 0.3 is 0 Å². The van der Waals surface area contributed by atoms with Gasteiger partial charge in [0.15, 0.2) is 0 Å². The molecule has 0 atom stereocenters. The van der Waals surface area contributed by atoms with Gasteiger partial charge in [0.1, 0.15) is 0 Å². The number of amides is 1. The summed E-state index contributed by atoms with van der Waals surface area (Å²) in [7, 11) is 0. The molecule has 0 aliphatic heterocycles. The molecule has 0 saturated heterocycles. The topological polar surface area (TPSA) is 84.6 Å². The molecule has 0 bridgehead atoms. The van der Waals surface area contributed by atoms with Crippen molar-refractivity contribution in [2.75, 3.05) is 0 Å². The molecular weight excluding hydrogens is 246 g/mol. The van der Waals surface area contributed by atoms with Crippen LogP contribution in [0, 0.1) is 10.1 Å². The van der Waals surface area contributed by atoms with Crippen LogP contribution in [0.25, 0.3) is 0 Å². The maximum absolute atomic E-state index is 11.8. The Bertz CT molecular complexity index is 500. The number of non-ortho nitro benzene ring substituents is 1. The molecule has 6 heteroatoms. The van der Waals surface area contributed by atoms with Gasteiger partial charge in [-0.25, -0.2) is 5.43 Å². The number of carbonyl (C=O) groups excluding carboxylic acids is 1. The van der Waals surface area contributed by atoms with Gasteiger partial charge in [0.2, 0.25) is 0 Å². The van der Waals surface area contributed by atoms with Gasteiger partial charge in [0.05, 0.1) is 4.92 Å². The second-order valence-corrected chi connectivity index (χ2v) is 4.48. The Morgan fingerprint density at radius 2 is 1.79 bits per heavy atom. The van der Waals surface area contributed by atoms with Gasteiger partial charge in [-0.05, 0) is 37.8 Å². The lowest BCUT2D eigenvalue weighted by Crippen LogP contribution is -2.20. The fourth-order valence-electron chi connectivity index (χ4n) is 2.00. The second-order valence-electron chi connectivity index (χ2n) is 4.48.